The van der Waals surface area contributed by atoms with Crippen LogP contribution in [0.25, 0.3) is 11.0 Å². The molecule has 1 aliphatic rings. The van der Waals surface area contributed by atoms with Crippen LogP contribution in [0.5, 0.6) is 0 Å². The molecule has 0 saturated carbocycles. The molecule has 4 rings (SSSR count). The second-order valence-electron chi connectivity index (χ2n) is 5.91. The highest BCUT2D eigenvalue weighted by Gasteiger charge is 2.23. The zero-order chi connectivity index (χ0) is 16.1. The van der Waals surface area contributed by atoms with Crippen molar-refractivity contribution < 1.29 is 4.79 Å². The number of nitrogens with zero attached hydrogens (tertiary/aromatic N) is 4. The highest BCUT2D eigenvalue weighted by atomic mass is 16.2. The largest absolute Gasteiger partial charge is 0.347 e. The number of nitrogens with one attached hydrogen (secondary N) is 1. The van der Waals surface area contributed by atoms with E-state index < -0.39 is 0 Å². The van der Waals surface area contributed by atoms with Crippen molar-refractivity contribution in [2.75, 3.05) is 6.54 Å². The van der Waals surface area contributed by atoms with Crippen LogP contribution in [0.15, 0.2) is 29.3 Å². The first-order valence-electron chi connectivity index (χ1n) is 7.52. The van der Waals surface area contributed by atoms with Gasteiger partial charge in [-0.1, -0.05) is 0 Å². The van der Waals surface area contributed by atoms with Crippen molar-refractivity contribution in [2.24, 2.45) is 14.1 Å². The van der Waals surface area contributed by atoms with E-state index in [2.05, 4.69) is 9.97 Å². The van der Waals surface area contributed by atoms with Crippen LogP contribution in [0.1, 0.15) is 21.7 Å². The van der Waals surface area contributed by atoms with Crippen LogP contribution in [0.2, 0.25) is 0 Å². The molecule has 7 nitrogen and oxygen atoms in total. The van der Waals surface area contributed by atoms with Crippen LogP contribution >= 0.6 is 0 Å². The number of fused-ring (bicyclic) bond motifs is 2. The van der Waals surface area contributed by atoms with Crippen LogP contribution in [-0.2, 0) is 27.1 Å². The van der Waals surface area contributed by atoms with Crippen molar-refractivity contribution in [2.45, 2.75) is 13.0 Å². The Morgan fingerprint density at radius 3 is 2.83 bits per heavy atom. The minimum atomic E-state index is -0.0929. The first kappa shape index (κ1) is 13.8. The summed E-state index contributed by atoms with van der Waals surface area (Å²) in [7, 11) is 3.45. The maximum Gasteiger partial charge on any atom is 0.328 e. The molecule has 3 heterocycles. The lowest BCUT2D eigenvalue weighted by atomic mass is 10.1. The van der Waals surface area contributed by atoms with Gasteiger partial charge in [0.1, 0.15) is 0 Å². The molecular weight excluding hydrogens is 294 g/mol. The van der Waals surface area contributed by atoms with E-state index in [0.717, 1.165) is 28.8 Å². The molecule has 7 heteroatoms. The molecule has 2 aromatic heterocycles. The Balaban J connectivity index is 1.71. The van der Waals surface area contributed by atoms with E-state index in [0.29, 0.717) is 18.7 Å². The molecule has 0 atom stereocenters. The number of aromatic nitrogens is 4. The average molecular weight is 311 g/mol. The summed E-state index contributed by atoms with van der Waals surface area (Å²) in [5, 5.41) is 0. The third-order valence-corrected chi connectivity index (χ3v) is 4.58. The maximum atomic E-state index is 12.8. The molecule has 23 heavy (non-hydrogen) atoms. The zero-order valence-electron chi connectivity index (χ0n) is 13.0. The van der Waals surface area contributed by atoms with Crippen molar-refractivity contribution in [1.29, 1.82) is 0 Å². The number of H-pyrrole nitrogens is 1. The second-order valence-corrected chi connectivity index (χ2v) is 5.91. The highest BCUT2D eigenvalue weighted by molar-refractivity contribution is 5.97. The number of hydrogen-bond acceptors (Lipinski definition) is 3. The van der Waals surface area contributed by atoms with Gasteiger partial charge in [0.25, 0.3) is 5.91 Å². The number of aryl methyl sites for hydroxylation is 2. The van der Waals surface area contributed by atoms with Crippen LogP contribution in [0.3, 0.4) is 0 Å². The number of amides is 1. The molecular formula is C16H17N5O2. The van der Waals surface area contributed by atoms with E-state index in [1.54, 1.807) is 41.7 Å². The summed E-state index contributed by atoms with van der Waals surface area (Å²) >= 11 is 0. The van der Waals surface area contributed by atoms with Gasteiger partial charge in [0, 0.05) is 32.6 Å². The molecule has 3 aromatic rings. The molecule has 0 saturated heterocycles. The number of benzene rings is 1. The van der Waals surface area contributed by atoms with Crippen molar-refractivity contribution in [3.63, 3.8) is 0 Å². The predicted molar refractivity (Wildman–Crippen MR) is 85.2 cm³/mol. The summed E-state index contributed by atoms with van der Waals surface area (Å²) in [6.07, 6.45) is 2.43. The normalized spacial score (nSPS) is 14.3. The number of carbonyl (C=O) groups excluding carboxylic acids is 1. The fourth-order valence-corrected chi connectivity index (χ4v) is 3.21. The van der Waals surface area contributed by atoms with Gasteiger partial charge < -0.3 is 9.88 Å². The summed E-state index contributed by atoms with van der Waals surface area (Å²) in [5.41, 5.74) is 4.13. The Morgan fingerprint density at radius 2 is 2.00 bits per heavy atom. The molecule has 118 valence electrons. The monoisotopic (exact) mass is 311 g/mol. The summed E-state index contributed by atoms with van der Waals surface area (Å²) in [5.74, 6) is -0.0246. The van der Waals surface area contributed by atoms with E-state index >= 15 is 0 Å². The average Bonchev–Trinajstić information content (AvgIpc) is 3.13. The van der Waals surface area contributed by atoms with Crippen LogP contribution in [-0.4, -0.2) is 36.5 Å². The lowest BCUT2D eigenvalue weighted by molar-refractivity contribution is 0.0732. The molecule has 1 aromatic carbocycles. The van der Waals surface area contributed by atoms with Crippen LogP contribution in [0, 0.1) is 0 Å². The SMILES string of the molecule is Cn1c(=O)n(C)c2cc(C(=O)N3CCc4nc[nH]c4C3)ccc21. The minimum Gasteiger partial charge on any atom is -0.347 e. The van der Waals surface area contributed by atoms with E-state index in [4.69, 9.17) is 0 Å². The van der Waals surface area contributed by atoms with Crippen molar-refractivity contribution >= 4 is 16.9 Å². The third kappa shape index (κ3) is 2.00. The van der Waals surface area contributed by atoms with Gasteiger partial charge in [0.05, 0.1) is 35.3 Å². The number of rotatable bonds is 1. The molecule has 0 unspecified atom stereocenters. The van der Waals surface area contributed by atoms with E-state index in [-0.39, 0.29) is 11.6 Å². The molecule has 0 fully saturated rings. The van der Waals surface area contributed by atoms with Crippen LogP contribution < -0.4 is 5.69 Å². The summed E-state index contributed by atoms with van der Waals surface area (Å²) in [6, 6.07) is 5.41. The Morgan fingerprint density at radius 1 is 1.22 bits per heavy atom. The molecule has 0 radical (unpaired) electrons. The van der Waals surface area contributed by atoms with Crippen molar-refractivity contribution in [3.8, 4) is 0 Å². The number of aromatic amines is 1. The van der Waals surface area contributed by atoms with Gasteiger partial charge in [0.15, 0.2) is 0 Å². The van der Waals surface area contributed by atoms with Crippen molar-refractivity contribution in [3.05, 3.63) is 52.0 Å². The highest BCUT2D eigenvalue weighted by Crippen LogP contribution is 2.20. The molecule has 0 aliphatic carbocycles. The Kier molecular flexibility index (Phi) is 2.90. The molecule has 0 spiro atoms. The van der Waals surface area contributed by atoms with Gasteiger partial charge in [-0.05, 0) is 18.2 Å². The number of imidazole rings is 2. The van der Waals surface area contributed by atoms with Gasteiger partial charge in [-0.2, -0.15) is 0 Å². The Hall–Kier alpha value is -2.83. The molecule has 1 aliphatic heterocycles. The fraction of sp³-hybridized carbons (Fsp3) is 0.312. The minimum absolute atomic E-state index is 0.0246. The van der Waals surface area contributed by atoms with Crippen molar-refractivity contribution in [1.82, 2.24) is 24.0 Å². The molecule has 0 bridgehead atoms. The molecule has 1 N–H and O–H groups in total. The topological polar surface area (TPSA) is 75.9 Å². The van der Waals surface area contributed by atoms with Gasteiger partial charge >= 0.3 is 5.69 Å². The van der Waals surface area contributed by atoms with Gasteiger partial charge in [0.2, 0.25) is 0 Å². The van der Waals surface area contributed by atoms with E-state index in [9.17, 15) is 9.59 Å². The first-order valence-corrected chi connectivity index (χ1v) is 7.52. The Labute approximate surface area is 132 Å². The van der Waals surface area contributed by atoms with Gasteiger partial charge in [-0.3, -0.25) is 13.9 Å². The number of hydrogen-bond donors (Lipinski definition) is 1. The quantitative estimate of drug-likeness (QED) is 0.722. The molecule has 1 amide bonds. The smallest absolute Gasteiger partial charge is 0.328 e. The Bertz CT molecular complexity index is 978. The number of carbonyl (C=O) groups is 1. The lowest BCUT2D eigenvalue weighted by Crippen LogP contribution is -2.36. The lowest BCUT2D eigenvalue weighted by Gasteiger charge is -2.26. The fourth-order valence-electron chi connectivity index (χ4n) is 3.21. The predicted octanol–water partition coefficient (Wildman–Crippen LogP) is 0.799. The first-order chi connectivity index (χ1) is 11.1. The van der Waals surface area contributed by atoms with Gasteiger partial charge in [-0.15, -0.1) is 0 Å². The second kappa shape index (κ2) is 4.84. The van der Waals surface area contributed by atoms with Gasteiger partial charge in [-0.25, -0.2) is 9.78 Å². The summed E-state index contributed by atoms with van der Waals surface area (Å²) < 4.78 is 3.15. The van der Waals surface area contributed by atoms with Crippen LogP contribution in [0.4, 0.5) is 0 Å². The third-order valence-electron chi connectivity index (χ3n) is 4.58. The summed E-state index contributed by atoms with van der Waals surface area (Å²) in [4.78, 5) is 33.9. The summed E-state index contributed by atoms with van der Waals surface area (Å²) in [6.45, 7) is 1.20. The maximum absolute atomic E-state index is 12.8. The van der Waals surface area contributed by atoms with E-state index in [1.165, 1.54) is 0 Å². The van der Waals surface area contributed by atoms with E-state index in [1.807, 2.05) is 11.0 Å². The zero-order valence-corrected chi connectivity index (χ0v) is 13.0. The standard InChI is InChI=1S/C16H17N5O2/c1-19-13-4-3-10(7-14(13)20(2)16(19)23)15(22)21-6-5-11-12(8-21)18-9-17-11/h3-4,7,9H,5-6,8H2,1-2H3,(H,17,18).